The summed E-state index contributed by atoms with van der Waals surface area (Å²) >= 11 is 0. The van der Waals surface area contributed by atoms with Crippen molar-refractivity contribution in [3.63, 3.8) is 0 Å². The van der Waals surface area contributed by atoms with Crippen LogP contribution in [0.4, 0.5) is 0 Å². The number of benzene rings is 2. The van der Waals surface area contributed by atoms with Crippen LogP contribution in [0, 0.1) is 0 Å². The topological polar surface area (TPSA) is 85.3 Å². The number of hydrogen-bond acceptors (Lipinski definition) is 5. The third kappa shape index (κ3) is 4.29. The largest absolute Gasteiger partial charge is 0.493 e. The van der Waals surface area contributed by atoms with Gasteiger partial charge < -0.3 is 24.2 Å². The van der Waals surface area contributed by atoms with Crippen LogP contribution in [0.5, 0.6) is 17.2 Å². The fourth-order valence-electron chi connectivity index (χ4n) is 3.70. The molecule has 2 aromatic rings. The Morgan fingerprint density at radius 1 is 1.07 bits per heavy atom. The lowest BCUT2D eigenvalue weighted by molar-refractivity contribution is -0.141. The van der Waals surface area contributed by atoms with Crippen molar-refractivity contribution in [1.82, 2.24) is 4.90 Å². The van der Waals surface area contributed by atoms with Crippen molar-refractivity contribution in [2.75, 3.05) is 27.9 Å². The molecule has 1 atom stereocenters. The Labute approximate surface area is 169 Å². The average Bonchev–Trinajstić information content (AvgIpc) is 2.75. The minimum atomic E-state index is -0.917. The number of nitrogens with zero attached hydrogens (tertiary/aromatic N) is 1. The molecule has 0 aliphatic carbocycles. The minimum absolute atomic E-state index is 0.0838. The molecule has 0 bridgehead atoms. The molecule has 1 unspecified atom stereocenters. The second-order valence-electron chi connectivity index (χ2n) is 6.90. The first-order chi connectivity index (χ1) is 14.0. The van der Waals surface area contributed by atoms with Crippen LogP contribution in [0.1, 0.15) is 29.0 Å². The first kappa shape index (κ1) is 20.5. The smallest absolute Gasteiger partial charge is 0.312 e. The summed E-state index contributed by atoms with van der Waals surface area (Å²) in [7, 11) is 4.63. The SMILES string of the molecule is COc1cc(CCC(=O)N2Cc3ccccc3C(C(=O)O)C2)cc(OC)c1OC. The first-order valence-corrected chi connectivity index (χ1v) is 9.35. The molecule has 1 heterocycles. The van der Waals surface area contributed by atoms with Crippen LogP contribution in [-0.4, -0.2) is 49.8 Å². The monoisotopic (exact) mass is 399 g/mol. The average molecular weight is 399 g/mol. The number of ether oxygens (including phenoxy) is 3. The summed E-state index contributed by atoms with van der Waals surface area (Å²) in [6.07, 6.45) is 0.735. The summed E-state index contributed by atoms with van der Waals surface area (Å²) in [5.41, 5.74) is 2.54. The number of rotatable bonds is 7. The molecule has 29 heavy (non-hydrogen) atoms. The number of methoxy groups -OCH3 is 3. The number of aryl methyl sites for hydroxylation is 1. The van der Waals surface area contributed by atoms with Gasteiger partial charge in [-0.2, -0.15) is 0 Å². The Balaban J connectivity index is 1.74. The Morgan fingerprint density at radius 3 is 2.31 bits per heavy atom. The molecular weight excluding hydrogens is 374 g/mol. The molecule has 0 aromatic heterocycles. The van der Waals surface area contributed by atoms with Crippen molar-refractivity contribution < 1.29 is 28.9 Å². The Kier molecular flexibility index (Phi) is 6.26. The molecule has 2 aromatic carbocycles. The lowest BCUT2D eigenvalue weighted by Crippen LogP contribution is -2.40. The van der Waals surface area contributed by atoms with Gasteiger partial charge in [-0.05, 0) is 35.2 Å². The maximum absolute atomic E-state index is 12.8. The van der Waals surface area contributed by atoms with E-state index in [4.69, 9.17) is 14.2 Å². The van der Waals surface area contributed by atoms with E-state index in [-0.39, 0.29) is 18.9 Å². The highest BCUT2D eigenvalue weighted by Gasteiger charge is 2.32. The zero-order chi connectivity index (χ0) is 21.0. The molecule has 7 heteroatoms. The molecule has 0 radical (unpaired) electrons. The van der Waals surface area contributed by atoms with Gasteiger partial charge in [-0.25, -0.2) is 0 Å². The Hall–Kier alpha value is -3.22. The van der Waals surface area contributed by atoms with Gasteiger partial charge in [0.25, 0.3) is 0 Å². The lowest BCUT2D eigenvalue weighted by atomic mass is 9.89. The number of hydrogen-bond donors (Lipinski definition) is 1. The molecular formula is C22H25NO6. The van der Waals surface area contributed by atoms with Crippen molar-refractivity contribution in [1.29, 1.82) is 0 Å². The summed E-state index contributed by atoms with van der Waals surface area (Å²) in [5.74, 6) is -0.134. The highest BCUT2D eigenvalue weighted by molar-refractivity contribution is 5.81. The third-order valence-electron chi connectivity index (χ3n) is 5.20. The summed E-state index contributed by atoms with van der Waals surface area (Å²) in [6.45, 7) is 0.606. The fraction of sp³-hybridized carbons (Fsp3) is 0.364. The molecule has 0 spiro atoms. The predicted molar refractivity (Wildman–Crippen MR) is 107 cm³/mol. The van der Waals surface area contributed by atoms with E-state index in [9.17, 15) is 14.7 Å². The molecule has 1 amide bonds. The number of fused-ring (bicyclic) bond motifs is 1. The zero-order valence-corrected chi connectivity index (χ0v) is 16.8. The predicted octanol–water partition coefficient (Wildman–Crippen LogP) is 2.86. The van der Waals surface area contributed by atoms with Gasteiger partial charge in [-0.3, -0.25) is 9.59 Å². The highest BCUT2D eigenvalue weighted by Crippen LogP contribution is 2.38. The van der Waals surface area contributed by atoms with Gasteiger partial charge in [0, 0.05) is 19.5 Å². The third-order valence-corrected chi connectivity index (χ3v) is 5.20. The van der Waals surface area contributed by atoms with Gasteiger partial charge in [0.2, 0.25) is 11.7 Å². The lowest BCUT2D eigenvalue weighted by Gasteiger charge is -2.33. The van der Waals surface area contributed by atoms with Gasteiger partial charge in [-0.1, -0.05) is 24.3 Å². The van der Waals surface area contributed by atoms with Crippen molar-refractivity contribution in [3.8, 4) is 17.2 Å². The van der Waals surface area contributed by atoms with Crippen LogP contribution in [0.3, 0.4) is 0 Å². The first-order valence-electron chi connectivity index (χ1n) is 9.35. The summed E-state index contributed by atoms with van der Waals surface area (Å²) in [5, 5.41) is 9.58. The quantitative estimate of drug-likeness (QED) is 0.771. The van der Waals surface area contributed by atoms with Gasteiger partial charge >= 0.3 is 5.97 Å². The van der Waals surface area contributed by atoms with Crippen LogP contribution in [0.2, 0.25) is 0 Å². The van der Waals surface area contributed by atoms with Crippen LogP contribution < -0.4 is 14.2 Å². The van der Waals surface area contributed by atoms with E-state index in [0.29, 0.717) is 30.2 Å². The molecule has 1 aliphatic rings. The summed E-state index contributed by atoms with van der Waals surface area (Å²) in [6, 6.07) is 11.0. The van der Waals surface area contributed by atoms with Crippen molar-refractivity contribution in [2.45, 2.75) is 25.3 Å². The number of amides is 1. The number of carboxylic acids is 1. The molecule has 0 saturated carbocycles. The minimum Gasteiger partial charge on any atom is -0.493 e. The van der Waals surface area contributed by atoms with Crippen LogP contribution in [-0.2, 0) is 22.6 Å². The summed E-state index contributed by atoms with van der Waals surface area (Å²) < 4.78 is 16.0. The molecule has 1 aliphatic heterocycles. The second kappa shape index (κ2) is 8.86. The number of carbonyl (C=O) groups is 2. The number of carboxylic acid groups (broad SMARTS) is 1. The molecule has 1 N–H and O–H groups in total. The fourth-order valence-corrected chi connectivity index (χ4v) is 3.70. The van der Waals surface area contributed by atoms with Crippen molar-refractivity contribution >= 4 is 11.9 Å². The van der Waals surface area contributed by atoms with E-state index >= 15 is 0 Å². The van der Waals surface area contributed by atoms with Gasteiger partial charge in [0.05, 0.1) is 27.2 Å². The zero-order valence-electron chi connectivity index (χ0n) is 16.8. The van der Waals surface area contributed by atoms with Crippen molar-refractivity contribution in [2.24, 2.45) is 0 Å². The number of carbonyl (C=O) groups excluding carboxylic acids is 1. The van der Waals surface area contributed by atoms with Crippen LogP contribution in [0.15, 0.2) is 36.4 Å². The normalized spacial score (nSPS) is 15.4. The van der Waals surface area contributed by atoms with E-state index in [1.54, 1.807) is 19.1 Å². The van der Waals surface area contributed by atoms with E-state index in [2.05, 4.69) is 0 Å². The standard InChI is InChI=1S/C22H25NO6/c1-27-18-10-14(11-19(28-2)21(18)29-3)8-9-20(24)23-12-15-6-4-5-7-16(15)17(13-23)22(25)26/h4-7,10-11,17H,8-9,12-13H2,1-3H3,(H,25,26). The van der Waals surface area contributed by atoms with E-state index < -0.39 is 11.9 Å². The van der Waals surface area contributed by atoms with Gasteiger partial charge in [-0.15, -0.1) is 0 Å². The van der Waals surface area contributed by atoms with E-state index in [0.717, 1.165) is 16.7 Å². The highest BCUT2D eigenvalue weighted by atomic mass is 16.5. The van der Waals surface area contributed by atoms with Crippen LogP contribution >= 0.6 is 0 Å². The summed E-state index contributed by atoms with van der Waals surface area (Å²) in [4.78, 5) is 26.1. The molecule has 7 nitrogen and oxygen atoms in total. The van der Waals surface area contributed by atoms with Gasteiger partial charge in [0.1, 0.15) is 0 Å². The second-order valence-corrected chi connectivity index (χ2v) is 6.90. The maximum atomic E-state index is 12.8. The van der Waals surface area contributed by atoms with Crippen LogP contribution in [0.25, 0.3) is 0 Å². The molecule has 0 saturated heterocycles. The Bertz CT molecular complexity index is 885. The maximum Gasteiger partial charge on any atom is 0.312 e. The molecule has 154 valence electrons. The molecule has 0 fully saturated rings. The molecule has 3 rings (SSSR count). The van der Waals surface area contributed by atoms with E-state index in [1.165, 1.54) is 7.11 Å². The Morgan fingerprint density at radius 2 is 1.72 bits per heavy atom. The van der Waals surface area contributed by atoms with E-state index in [1.807, 2.05) is 36.4 Å². The van der Waals surface area contributed by atoms with Gasteiger partial charge in [0.15, 0.2) is 11.5 Å². The van der Waals surface area contributed by atoms with Crippen molar-refractivity contribution in [3.05, 3.63) is 53.1 Å². The number of aliphatic carboxylic acids is 1.